The van der Waals surface area contributed by atoms with Crippen LogP contribution < -0.4 is 9.47 Å². The van der Waals surface area contributed by atoms with E-state index < -0.39 is 15.3 Å². The molecular weight excluding hydrogens is 476 g/mol. The summed E-state index contributed by atoms with van der Waals surface area (Å²) in [5, 5.41) is 9.37. The molecular formula is C29H32O6S. The molecule has 1 heterocycles. The Morgan fingerprint density at radius 2 is 1.75 bits per heavy atom. The third-order valence-electron chi connectivity index (χ3n) is 7.34. The molecule has 0 bridgehead atoms. The van der Waals surface area contributed by atoms with Gasteiger partial charge in [-0.25, -0.2) is 8.42 Å². The zero-order valence-electron chi connectivity index (χ0n) is 20.3. The number of ketones is 1. The fraction of sp³-hybridized carbons (Fsp3) is 0.345. The maximum absolute atomic E-state index is 13.4. The van der Waals surface area contributed by atoms with E-state index in [2.05, 4.69) is 0 Å². The zero-order valence-corrected chi connectivity index (χ0v) is 21.1. The summed E-state index contributed by atoms with van der Waals surface area (Å²) in [4.78, 5) is 13.6. The number of aliphatic hydroxyl groups excluding tert-OH is 1. The highest BCUT2D eigenvalue weighted by atomic mass is 32.2. The van der Waals surface area contributed by atoms with Gasteiger partial charge < -0.3 is 14.6 Å². The minimum atomic E-state index is -3.47. The van der Waals surface area contributed by atoms with Crippen LogP contribution in [0, 0.1) is 5.92 Å². The van der Waals surface area contributed by atoms with Crippen LogP contribution in [0.4, 0.5) is 0 Å². The number of sulfone groups is 1. The largest absolute Gasteiger partial charge is 0.454 e. The van der Waals surface area contributed by atoms with Gasteiger partial charge in [0.1, 0.15) is 5.78 Å². The van der Waals surface area contributed by atoms with Crippen LogP contribution in [0.2, 0.25) is 0 Å². The van der Waals surface area contributed by atoms with Crippen LogP contribution in [0.5, 0.6) is 11.5 Å². The van der Waals surface area contributed by atoms with Crippen molar-refractivity contribution in [2.45, 2.75) is 42.9 Å². The van der Waals surface area contributed by atoms with Crippen LogP contribution in [0.3, 0.4) is 0 Å². The van der Waals surface area contributed by atoms with E-state index in [0.29, 0.717) is 24.3 Å². The minimum Gasteiger partial charge on any atom is -0.454 e. The molecule has 1 fully saturated rings. The van der Waals surface area contributed by atoms with Crippen LogP contribution in [-0.2, 0) is 26.5 Å². The average Bonchev–Trinajstić information content (AvgIpc) is 3.58. The highest BCUT2D eigenvalue weighted by Crippen LogP contribution is 2.51. The molecule has 3 aromatic carbocycles. The number of fused-ring (bicyclic) bond motifs is 1. The van der Waals surface area contributed by atoms with Gasteiger partial charge in [0, 0.05) is 14.5 Å². The molecule has 0 spiro atoms. The van der Waals surface area contributed by atoms with Crippen molar-refractivity contribution >= 4 is 15.6 Å². The normalized spacial score (nSPS) is 16.5. The summed E-state index contributed by atoms with van der Waals surface area (Å²) in [7, 11) is -3.47. The van der Waals surface area contributed by atoms with Gasteiger partial charge in [-0.2, -0.15) is 0 Å². The van der Waals surface area contributed by atoms with Crippen molar-refractivity contribution in [2.24, 2.45) is 5.92 Å². The number of rotatable bonds is 10. The van der Waals surface area contributed by atoms with Gasteiger partial charge in [0.2, 0.25) is 6.79 Å². The molecule has 1 saturated carbocycles. The maximum Gasteiger partial charge on any atom is 0.231 e. The molecule has 1 atom stereocenters. The van der Waals surface area contributed by atoms with E-state index in [9.17, 15) is 18.3 Å². The van der Waals surface area contributed by atoms with Crippen molar-refractivity contribution in [1.29, 1.82) is 0 Å². The predicted molar refractivity (Wildman–Crippen MR) is 139 cm³/mol. The maximum atomic E-state index is 13.4. The summed E-state index contributed by atoms with van der Waals surface area (Å²) in [6.45, 7) is 1.94. The highest BCUT2D eigenvalue weighted by Gasteiger charge is 2.50. The molecule has 190 valence electrons. The summed E-state index contributed by atoms with van der Waals surface area (Å²) in [6, 6.07) is 20.4. The van der Waals surface area contributed by atoms with Crippen molar-refractivity contribution in [3.8, 4) is 22.6 Å². The first-order chi connectivity index (χ1) is 17.3. The first-order valence-corrected chi connectivity index (χ1v) is 14.0. The zero-order chi connectivity index (χ0) is 25.3. The summed E-state index contributed by atoms with van der Waals surface area (Å²) in [5.74, 6) is 1.26. The van der Waals surface area contributed by atoms with Crippen molar-refractivity contribution in [3.63, 3.8) is 0 Å². The molecule has 1 aliphatic heterocycles. The molecule has 0 amide bonds. The van der Waals surface area contributed by atoms with Gasteiger partial charge in [0.05, 0.1) is 16.1 Å². The fourth-order valence-electron chi connectivity index (χ4n) is 4.82. The first-order valence-electron chi connectivity index (χ1n) is 12.3. The Balaban J connectivity index is 0.00000320. The Morgan fingerprint density at radius 3 is 2.44 bits per heavy atom. The predicted octanol–water partition coefficient (Wildman–Crippen LogP) is 4.96. The Kier molecular flexibility index (Phi) is 6.62. The second-order valence-corrected chi connectivity index (χ2v) is 11.7. The Bertz CT molecular complexity index is 1380. The second-order valence-electron chi connectivity index (χ2n) is 9.71. The fourth-order valence-corrected chi connectivity index (χ4v) is 6.53. The smallest absolute Gasteiger partial charge is 0.231 e. The van der Waals surface area contributed by atoms with Gasteiger partial charge >= 0.3 is 0 Å². The number of hydrogen-bond donors (Lipinski definition) is 1. The molecule has 36 heavy (non-hydrogen) atoms. The third-order valence-corrected chi connectivity index (χ3v) is 9.24. The minimum absolute atomic E-state index is 0. The topological polar surface area (TPSA) is 89.9 Å². The van der Waals surface area contributed by atoms with Gasteiger partial charge in [-0.1, -0.05) is 55.8 Å². The standard InChI is InChI=1S/C29H30O6S.H2/c1-2-20(17-30)18-36(32,33)25-9-6-22(7-10-25)23-5-3-4-21(14-23)15-28(31)29(12-13-29)24-8-11-26-27(16-24)35-19-34-26;/h3-11,14,16,20,30H,2,12-13,15,17-19H2,1H3;1H/t20-;/m1./s1. The molecule has 0 saturated heterocycles. The molecule has 2 aliphatic rings. The van der Waals surface area contributed by atoms with E-state index >= 15 is 0 Å². The van der Waals surface area contributed by atoms with E-state index in [1.165, 1.54) is 0 Å². The molecule has 6 nitrogen and oxygen atoms in total. The summed E-state index contributed by atoms with van der Waals surface area (Å²) in [5.41, 5.74) is 3.26. The first kappa shape index (κ1) is 24.5. The highest BCUT2D eigenvalue weighted by molar-refractivity contribution is 7.91. The van der Waals surface area contributed by atoms with Crippen LogP contribution in [0.25, 0.3) is 11.1 Å². The SMILES string of the molecule is CC[C@H](CO)CS(=O)(=O)c1ccc(-c2cccc(CC(=O)C3(c4ccc5c(c4)OCO5)CC3)c2)cc1.[HH]. The lowest BCUT2D eigenvalue weighted by atomic mass is 9.87. The lowest BCUT2D eigenvalue weighted by Gasteiger charge is -2.16. The molecule has 0 radical (unpaired) electrons. The lowest BCUT2D eigenvalue weighted by molar-refractivity contribution is -0.120. The van der Waals surface area contributed by atoms with Gasteiger partial charge in [-0.3, -0.25) is 4.79 Å². The van der Waals surface area contributed by atoms with E-state index in [1.54, 1.807) is 24.3 Å². The van der Waals surface area contributed by atoms with Crippen molar-refractivity contribution in [1.82, 2.24) is 0 Å². The summed E-state index contributed by atoms with van der Waals surface area (Å²) >= 11 is 0. The van der Waals surface area contributed by atoms with Gasteiger partial charge in [0.25, 0.3) is 0 Å². The Hall–Kier alpha value is -3.16. The number of benzene rings is 3. The van der Waals surface area contributed by atoms with Gasteiger partial charge in [-0.05, 0) is 65.3 Å². The average molecular weight is 509 g/mol. The molecule has 5 rings (SSSR count). The van der Waals surface area contributed by atoms with E-state index in [4.69, 9.17) is 9.47 Å². The van der Waals surface area contributed by atoms with E-state index in [0.717, 1.165) is 35.1 Å². The summed E-state index contributed by atoms with van der Waals surface area (Å²) < 4.78 is 36.3. The number of hydrogen-bond acceptors (Lipinski definition) is 6. The number of ether oxygens (including phenoxy) is 2. The van der Waals surface area contributed by atoms with Crippen molar-refractivity contribution in [2.75, 3.05) is 19.2 Å². The molecule has 0 aromatic heterocycles. The van der Waals surface area contributed by atoms with Crippen LogP contribution in [0.15, 0.2) is 71.6 Å². The molecule has 1 N–H and O–H groups in total. The lowest BCUT2D eigenvalue weighted by Crippen LogP contribution is -2.22. The Labute approximate surface area is 213 Å². The van der Waals surface area contributed by atoms with Crippen LogP contribution >= 0.6 is 0 Å². The number of aliphatic hydroxyl groups is 1. The molecule has 3 aromatic rings. The number of carbonyl (C=O) groups excluding carboxylic acids is 1. The van der Waals surface area contributed by atoms with Crippen molar-refractivity contribution < 1.29 is 29.2 Å². The van der Waals surface area contributed by atoms with Crippen LogP contribution in [-0.4, -0.2) is 38.5 Å². The van der Waals surface area contributed by atoms with Gasteiger partial charge in [-0.15, -0.1) is 0 Å². The molecule has 1 aliphatic carbocycles. The third kappa shape index (κ3) is 4.77. The van der Waals surface area contributed by atoms with E-state index in [-0.39, 0.29) is 37.2 Å². The quantitative estimate of drug-likeness (QED) is 0.416. The summed E-state index contributed by atoms with van der Waals surface area (Å²) in [6.07, 6.45) is 2.59. The second kappa shape index (κ2) is 9.71. The number of Topliss-reactive ketones (excluding diaryl/α,β-unsaturated/α-hetero) is 1. The Morgan fingerprint density at radius 1 is 1.00 bits per heavy atom. The number of carbonyl (C=O) groups is 1. The van der Waals surface area contributed by atoms with Crippen molar-refractivity contribution in [3.05, 3.63) is 77.9 Å². The van der Waals surface area contributed by atoms with Gasteiger partial charge in [0.15, 0.2) is 21.3 Å². The molecule has 0 unspecified atom stereocenters. The van der Waals surface area contributed by atoms with Crippen LogP contribution in [0.1, 0.15) is 38.7 Å². The van der Waals surface area contributed by atoms with E-state index in [1.807, 2.05) is 49.4 Å². The monoisotopic (exact) mass is 508 g/mol. The molecule has 7 heteroatoms.